The van der Waals surface area contributed by atoms with Crippen LogP contribution in [0.2, 0.25) is 5.02 Å². The molecule has 0 aliphatic carbocycles. The number of benzene rings is 1. The summed E-state index contributed by atoms with van der Waals surface area (Å²) in [5, 5.41) is 9.72. The standard InChI is InChI=1S/C19H18ClF3N2O/c1-10(2)26-18-14(11(3)8-24)7-15(20)12(4)17(18)13-5-6-16(25-9-13)19(21,22)23/h5-7,9-11H,1-4H3. The number of nitriles is 1. The number of pyridine rings is 1. The molecule has 7 heteroatoms. The Morgan fingerprint density at radius 2 is 1.88 bits per heavy atom. The first kappa shape index (κ1) is 20.1. The maximum Gasteiger partial charge on any atom is 0.433 e. The molecule has 138 valence electrons. The van der Waals surface area contributed by atoms with Crippen LogP contribution in [0.15, 0.2) is 24.4 Å². The van der Waals surface area contributed by atoms with Crippen molar-refractivity contribution in [3.63, 3.8) is 0 Å². The zero-order valence-electron chi connectivity index (χ0n) is 14.8. The average Bonchev–Trinajstić information content (AvgIpc) is 2.56. The van der Waals surface area contributed by atoms with E-state index in [1.165, 1.54) is 6.07 Å². The molecule has 0 aliphatic heterocycles. The van der Waals surface area contributed by atoms with E-state index in [-0.39, 0.29) is 6.10 Å². The van der Waals surface area contributed by atoms with Gasteiger partial charge in [0.1, 0.15) is 11.4 Å². The molecule has 0 spiro atoms. The van der Waals surface area contributed by atoms with Gasteiger partial charge in [-0.1, -0.05) is 17.7 Å². The minimum atomic E-state index is -4.51. The fourth-order valence-electron chi connectivity index (χ4n) is 2.56. The van der Waals surface area contributed by atoms with Crippen LogP contribution in [-0.4, -0.2) is 11.1 Å². The highest BCUT2D eigenvalue weighted by Crippen LogP contribution is 2.43. The first-order valence-corrected chi connectivity index (χ1v) is 8.37. The highest BCUT2D eigenvalue weighted by Gasteiger charge is 2.32. The maximum atomic E-state index is 12.8. The van der Waals surface area contributed by atoms with E-state index in [1.807, 2.05) is 13.8 Å². The minimum absolute atomic E-state index is 0.193. The van der Waals surface area contributed by atoms with Crippen molar-refractivity contribution in [2.24, 2.45) is 0 Å². The molecule has 1 aromatic carbocycles. The van der Waals surface area contributed by atoms with Gasteiger partial charge in [0, 0.05) is 27.9 Å². The van der Waals surface area contributed by atoms with Gasteiger partial charge >= 0.3 is 6.18 Å². The molecule has 0 aliphatic rings. The summed E-state index contributed by atoms with van der Waals surface area (Å²) in [5.41, 5.74) is 1.26. The molecule has 2 rings (SSSR count). The van der Waals surface area contributed by atoms with Crippen LogP contribution in [0.3, 0.4) is 0 Å². The molecule has 26 heavy (non-hydrogen) atoms. The second-order valence-corrected chi connectivity index (χ2v) is 6.63. The lowest BCUT2D eigenvalue weighted by molar-refractivity contribution is -0.141. The van der Waals surface area contributed by atoms with Crippen molar-refractivity contribution in [1.29, 1.82) is 5.26 Å². The largest absolute Gasteiger partial charge is 0.490 e. The Hall–Kier alpha value is -2.26. The van der Waals surface area contributed by atoms with Crippen molar-refractivity contribution in [3.05, 3.63) is 46.2 Å². The third kappa shape index (κ3) is 4.10. The van der Waals surface area contributed by atoms with Crippen LogP contribution in [0.25, 0.3) is 11.1 Å². The molecule has 0 N–H and O–H groups in total. The van der Waals surface area contributed by atoms with Gasteiger partial charge in [-0.15, -0.1) is 0 Å². The lowest BCUT2D eigenvalue weighted by Crippen LogP contribution is -2.11. The summed E-state index contributed by atoms with van der Waals surface area (Å²) >= 11 is 6.32. The molecule has 0 fully saturated rings. The summed E-state index contributed by atoms with van der Waals surface area (Å²) in [7, 11) is 0. The van der Waals surface area contributed by atoms with Gasteiger partial charge < -0.3 is 4.74 Å². The Bertz CT molecular complexity index is 840. The van der Waals surface area contributed by atoms with Gasteiger partial charge in [-0.25, -0.2) is 0 Å². The summed E-state index contributed by atoms with van der Waals surface area (Å²) in [6.45, 7) is 7.13. The van der Waals surface area contributed by atoms with Crippen molar-refractivity contribution in [2.45, 2.75) is 45.9 Å². The number of ether oxygens (including phenoxy) is 1. The normalized spacial score (nSPS) is 12.8. The SMILES string of the molecule is Cc1c(Cl)cc(C(C)C#N)c(OC(C)C)c1-c1ccc(C(F)(F)F)nc1. The lowest BCUT2D eigenvalue weighted by atomic mass is 9.92. The average molecular weight is 383 g/mol. The zero-order valence-corrected chi connectivity index (χ0v) is 15.5. The molecule has 1 atom stereocenters. The fraction of sp³-hybridized carbons (Fsp3) is 0.368. The highest BCUT2D eigenvalue weighted by molar-refractivity contribution is 6.32. The fourth-order valence-corrected chi connectivity index (χ4v) is 2.77. The monoisotopic (exact) mass is 382 g/mol. The van der Waals surface area contributed by atoms with Gasteiger partial charge in [-0.3, -0.25) is 4.98 Å². The minimum Gasteiger partial charge on any atom is -0.490 e. The van der Waals surface area contributed by atoms with Gasteiger partial charge in [0.2, 0.25) is 0 Å². The Morgan fingerprint density at radius 1 is 1.23 bits per heavy atom. The highest BCUT2D eigenvalue weighted by atomic mass is 35.5. The first-order chi connectivity index (χ1) is 12.1. The molecule has 1 heterocycles. The van der Waals surface area contributed by atoms with Crippen LogP contribution in [-0.2, 0) is 6.18 Å². The van der Waals surface area contributed by atoms with E-state index < -0.39 is 17.8 Å². The number of hydrogen-bond donors (Lipinski definition) is 0. The molecule has 1 aromatic heterocycles. The summed E-state index contributed by atoms with van der Waals surface area (Å²) in [6, 6.07) is 6.07. The molecular weight excluding hydrogens is 365 g/mol. The topological polar surface area (TPSA) is 45.9 Å². The van der Waals surface area contributed by atoms with Crippen LogP contribution in [0.5, 0.6) is 5.75 Å². The quantitative estimate of drug-likeness (QED) is 0.637. The summed E-state index contributed by atoms with van der Waals surface area (Å²) in [4.78, 5) is 3.52. The van der Waals surface area contributed by atoms with E-state index in [2.05, 4.69) is 11.1 Å². The second kappa shape index (κ2) is 7.55. The molecule has 3 nitrogen and oxygen atoms in total. The van der Waals surface area contributed by atoms with Crippen molar-refractivity contribution in [1.82, 2.24) is 4.98 Å². The van der Waals surface area contributed by atoms with Crippen LogP contribution in [0, 0.1) is 18.3 Å². The molecule has 0 saturated heterocycles. The Balaban J connectivity index is 2.73. The third-order valence-corrected chi connectivity index (χ3v) is 4.25. The maximum absolute atomic E-state index is 12.8. The summed E-state index contributed by atoms with van der Waals surface area (Å²) in [6.07, 6.45) is -3.56. The predicted molar refractivity (Wildman–Crippen MR) is 94.2 cm³/mol. The van der Waals surface area contributed by atoms with Crippen molar-refractivity contribution in [2.75, 3.05) is 0 Å². The number of rotatable bonds is 4. The van der Waals surface area contributed by atoms with E-state index in [9.17, 15) is 18.4 Å². The molecule has 1 unspecified atom stereocenters. The number of alkyl halides is 3. The predicted octanol–water partition coefficient (Wildman–Crippen LogP) is 6.14. The van der Waals surface area contributed by atoms with E-state index >= 15 is 0 Å². The van der Waals surface area contributed by atoms with E-state index in [0.717, 1.165) is 12.3 Å². The second-order valence-electron chi connectivity index (χ2n) is 6.22. The van der Waals surface area contributed by atoms with Gasteiger partial charge in [-0.2, -0.15) is 18.4 Å². The summed E-state index contributed by atoms with van der Waals surface area (Å²) < 4.78 is 44.3. The summed E-state index contributed by atoms with van der Waals surface area (Å²) in [5.74, 6) is -0.0551. The Morgan fingerprint density at radius 3 is 2.35 bits per heavy atom. The van der Waals surface area contributed by atoms with Gasteiger partial charge in [0.05, 0.1) is 18.1 Å². The molecule has 0 radical (unpaired) electrons. The van der Waals surface area contributed by atoms with Gasteiger partial charge in [0.25, 0.3) is 0 Å². The van der Waals surface area contributed by atoms with E-state index in [1.54, 1.807) is 19.9 Å². The molecule has 0 amide bonds. The number of nitrogens with zero attached hydrogens (tertiary/aromatic N) is 2. The van der Waals surface area contributed by atoms with Crippen LogP contribution >= 0.6 is 11.6 Å². The van der Waals surface area contributed by atoms with Gasteiger partial charge in [-0.05, 0) is 45.4 Å². The molecule has 0 saturated carbocycles. The Labute approximate surface area is 155 Å². The molecule has 2 aromatic rings. The third-order valence-electron chi connectivity index (χ3n) is 3.86. The Kier molecular flexibility index (Phi) is 5.82. The zero-order chi connectivity index (χ0) is 19.6. The van der Waals surface area contributed by atoms with Crippen molar-refractivity contribution < 1.29 is 17.9 Å². The smallest absolute Gasteiger partial charge is 0.433 e. The lowest BCUT2D eigenvalue weighted by Gasteiger charge is -2.22. The van der Waals surface area contributed by atoms with Crippen LogP contribution in [0.1, 0.15) is 43.5 Å². The van der Waals surface area contributed by atoms with E-state index in [4.69, 9.17) is 16.3 Å². The van der Waals surface area contributed by atoms with Gasteiger partial charge in [0.15, 0.2) is 0 Å². The number of hydrogen-bond acceptors (Lipinski definition) is 3. The van der Waals surface area contributed by atoms with Crippen molar-refractivity contribution >= 4 is 11.6 Å². The van der Waals surface area contributed by atoms with Crippen LogP contribution in [0.4, 0.5) is 13.2 Å². The van der Waals surface area contributed by atoms with Crippen molar-refractivity contribution in [3.8, 4) is 22.9 Å². The first-order valence-electron chi connectivity index (χ1n) is 7.99. The van der Waals surface area contributed by atoms with E-state index in [0.29, 0.717) is 33.0 Å². The number of halogens is 4. The van der Waals surface area contributed by atoms with Crippen LogP contribution < -0.4 is 4.74 Å². The number of aromatic nitrogens is 1. The molecule has 0 bridgehead atoms. The molecular formula is C19H18ClF3N2O.